The number of thioether (sulfide) groups is 1. The Morgan fingerprint density at radius 1 is 1.03 bits per heavy atom. The zero-order chi connectivity index (χ0) is 21.4. The topological polar surface area (TPSA) is 68.8 Å². The molecule has 1 fully saturated rings. The van der Waals surface area contributed by atoms with Crippen LogP contribution in [0.4, 0.5) is 5.95 Å². The highest BCUT2D eigenvalue weighted by molar-refractivity contribution is 7.98. The van der Waals surface area contributed by atoms with Crippen LogP contribution in [0.1, 0.15) is 18.7 Å². The van der Waals surface area contributed by atoms with Gasteiger partial charge < -0.3 is 4.90 Å². The van der Waals surface area contributed by atoms with Gasteiger partial charge in [0.25, 0.3) is 5.56 Å². The Hall–Kier alpha value is -2.84. The number of para-hydroxylation sites is 2. The maximum atomic E-state index is 12.7. The standard InChI is InChI=1S/C22H21ClN6OS/c1-27-19(24-17-10-4-2-8-15(17)20(27)30)14-31-22-26-25-21(28-12-6-7-13-28)29(22)18-11-5-3-9-16(18)23/h2-5,8-11H,6-7,12-14H2,1H3. The molecular formula is C22H21ClN6OS. The Labute approximate surface area is 188 Å². The molecule has 0 radical (unpaired) electrons. The van der Waals surface area contributed by atoms with Gasteiger partial charge in [-0.1, -0.05) is 47.6 Å². The molecule has 0 amide bonds. The monoisotopic (exact) mass is 452 g/mol. The van der Waals surface area contributed by atoms with Crippen molar-refractivity contribution in [2.45, 2.75) is 23.8 Å². The molecule has 31 heavy (non-hydrogen) atoms. The number of rotatable bonds is 5. The van der Waals surface area contributed by atoms with Crippen molar-refractivity contribution in [3.63, 3.8) is 0 Å². The molecule has 0 aliphatic carbocycles. The molecule has 7 nitrogen and oxygen atoms in total. The molecule has 0 spiro atoms. The van der Waals surface area contributed by atoms with Crippen LogP contribution >= 0.6 is 23.4 Å². The van der Waals surface area contributed by atoms with Crippen LogP contribution in [-0.4, -0.2) is 37.4 Å². The zero-order valence-electron chi connectivity index (χ0n) is 17.0. The fraction of sp³-hybridized carbons (Fsp3) is 0.273. The van der Waals surface area contributed by atoms with Crippen LogP contribution in [0.3, 0.4) is 0 Å². The van der Waals surface area contributed by atoms with E-state index in [1.54, 1.807) is 17.7 Å². The third-order valence-electron chi connectivity index (χ3n) is 5.50. The second-order valence-corrected chi connectivity index (χ2v) is 8.81. The van der Waals surface area contributed by atoms with E-state index in [2.05, 4.69) is 15.1 Å². The summed E-state index contributed by atoms with van der Waals surface area (Å²) in [4.78, 5) is 19.7. The summed E-state index contributed by atoms with van der Waals surface area (Å²) in [6.07, 6.45) is 2.28. The summed E-state index contributed by atoms with van der Waals surface area (Å²) in [6, 6.07) is 15.1. The van der Waals surface area contributed by atoms with Crippen molar-refractivity contribution in [2.75, 3.05) is 18.0 Å². The van der Waals surface area contributed by atoms with Gasteiger partial charge in [-0.3, -0.25) is 13.9 Å². The van der Waals surface area contributed by atoms with E-state index in [1.165, 1.54) is 11.8 Å². The van der Waals surface area contributed by atoms with E-state index in [1.807, 2.05) is 47.0 Å². The predicted octanol–water partition coefficient (Wildman–Crippen LogP) is 4.06. The number of nitrogens with zero attached hydrogens (tertiary/aromatic N) is 6. The fourth-order valence-corrected chi connectivity index (χ4v) is 4.99. The van der Waals surface area contributed by atoms with Crippen LogP contribution in [0.25, 0.3) is 16.6 Å². The first-order valence-corrected chi connectivity index (χ1v) is 11.5. The first-order chi connectivity index (χ1) is 15.1. The SMILES string of the molecule is Cn1c(CSc2nnc(N3CCCC3)n2-c2ccccc2Cl)nc2ccccc2c1=O. The third-order valence-corrected chi connectivity index (χ3v) is 6.75. The molecule has 3 heterocycles. The second kappa shape index (κ2) is 8.36. The van der Waals surface area contributed by atoms with E-state index in [-0.39, 0.29) is 5.56 Å². The molecule has 5 rings (SSSR count). The largest absolute Gasteiger partial charge is 0.341 e. The van der Waals surface area contributed by atoms with Crippen molar-refractivity contribution >= 4 is 40.2 Å². The lowest BCUT2D eigenvalue weighted by Gasteiger charge is -2.19. The molecule has 2 aromatic heterocycles. The van der Waals surface area contributed by atoms with Gasteiger partial charge in [0.1, 0.15) is 5.82 Å². The second-order valence-electron chi connectivity index (χ2n) is 7.46. The van der Waals surface area contributed by atoms with Crippen molar-refractivity contribution in [3.8, 4) is 5.69 Å². The third kappa shape index (κ3) is 3.70. The summed E-state index contributed by atoms with van der Waals surface area (Å²) in [7, 11) is 1.76. The van der Waals surface area contributed by atoms with Crippen LogP contribution in [0.15, 0.2) is 58.5 Å². The Balaban J connectivity index is 1.53. The summed E-state index contributed by atoms with van der Waals surface area (Å²) in [5.41, 5.74) is 1.50. The van der Waals surface area contributed by atoms with Gasteiger partial charge in [-0.25, -0.2) is 4.98 Å². The number of fused-ring (bicyclic) bond motifs is 1. The highest BCUT2D eigenvalue weighted by Gasteiger charge is 2.24. The van der Waals surface area contributed by atoms with Crippen molar-refractivity contribution in [1.29, 1.82) is 0 Å². The van der Waals surface area contributed by atoms with Crippen LogP contribution in [0.2, 0.25) is 5.02 Å². The van der Waals surface area contributed by atoms with Crippen molar-refractivity contribution < 1.29 is 0 Å². The minimum Gasteiger partial charge on any atom is -0.341 e. The van der Waals surface area contributed by atoms with E-state index in [4.69, 9.17) is 16.6 Å². The van der Waals surface area contributed by atoms with Crippen LogP contribution < -0.4 is 10.5 Å². The number of halogens is 1. The zero-order valence-corrected chi connectivity index (χ0v) is 18.6. The van der Waals surface area contributed by atoms with Crippen LogP contribution in [0, 0.1) is 0 Å². The van der Waals surface area contributed by atoms with Crippen molar-refractivity contribution in [1.82, 2.24) is 24.3 Å². The van der Waals surface area contributed by atoms with E-state index in [9.17, 15) is 4.79 Å². The average molecular weight is 453 g/mol. The van der Waals surface area contributed by atoms with Crippen LogP contribution in [-0.2, 0) is 12.8 Å². The van der Waals surface area contributed by atoms with Gasteiger partial charge in [-0.05, 0) is 37.1 Å². The maximum Gasteiger partial charge on any atom is 0.261 e. The van der Waals surface area contributed by atoms with Crippen molar-refractivity contribution in [2.24, 2.45) is 7.05 Å². The first-order valence-electron chi connectivity index (χ1n) is 10.2. The lowest BCUT2D eigenvalue weighted by Crippen LogP contribution is -2.22. The molecule has 1 aliphatic heterocycles. The van der Waals surface area contributed by atoms with Crippen LogP contribution in [0.5, 0.6) is 0 Å². The molecule has 0 saturated carbocycles. The van der Waals surface area contributed by atoms with Crippen molar-refractivity contribution in [3.05, 3.63) is 69.7 Å². The molecule has 158 valence electrons. The summed E-state index contributed by atoms with van der Waals surface area (Å²) in [5, 5.41) is 10.9. The summed E-state index contributed by atoms with van der Waals surface area (Å²) >= 11 is 8.03. The molecule has 4 aromatic rings. The molecular weight excluding hydrogens is 432 g/mol. The maximum absolute atomic E-state index is 12.7. The Bertz CT molecular complexity index is 1310. The quantitative estimate of drug-likeness (QED) is 0.425. The van der Waals surface area contributed by atoms with Gasteiger partial charge in [0.2, 0.25) is 5.95 Å². The smallest absolute Gasteiger partial charge is 0.261 e. The fourth-order valence-electron chi connectivity index (χ4n) is 3.84. The highest BCUT2D eigenvalue weighted by atomic mass is 35.5. The molecule has 1 aliphatic rings. The van der Waals surface area contributed by atoms with Gasteiger partial charge in [0.15, 0.2) is 5.16 Å². The van der Waals surface area contributed by atoms with Gasteiger partial charge in [0.05, 0.1) is 27.4 Å². The molecule has 0 N–H and O–H groups in total. The lowest BCUT2D eigenvalue weighted by atomic mass is 10.2. The number of hydrogen-bond donors (Lipinski definition) is 0. The molecule has 0 unspecified atom stereocenters. The minimum atomic E-state index is -0.0495. The number of anilines is 1. The lowest BCUT2D eigenvalue weighted by molar-refractivity contribution is 0.782. The Kier molecular flexibility index (Phi) is 5.41. The van der Waals surface area contributed by atoms with E-state index >= 15 is 0 Å². The van der Waals surface area contributed by atoms with Gasteiger partial charge in [-0.15, -0.1) is 10.2 Å². The number of aromatic nitrogens is 5. The number of hydrogen-bond acceptors (Lipinski definition) is 6. The first kappa shape index (κ1) is 20.1. The van der Waals surface area contributed by atoms with E-state index < -0.39 is 0 Å². The van der Waals surface area contributed by atoms with Gasteiger partial charge in [0, 0.05) is 20.1 Å². The Morgan fingerprint density at radius 2 is 1.77 bits per heavy atom. The molecule has 1 saturated heterocycles. The van der Waals surface area contributed by atoms with E-state index in [0.29, 0.717) is 27.5 Å². The highest BCUT2D eigenvalue weighted by Crippen LogP contribution is 2.32. The predicted molar refractivity (Wildman–Crippen MR) is 124 cm³/mol. The average Bonchev–Trinajstić information content (AvgIpc) is 3.45. The molecule has 2 aromatic carbocycles. The molecule has 0 bridgehead atoms. The van der Waals surface area contributed by atoms with E-state index in [0.717, 1.165) is 42.7 Å². The molecule has 0 atom stereocenters. The normalized spacial score (nSPS) is 13.9. The van der Waals surface area contributed by atoms with Gasteiger partial charge in [-0.2, -0.15) is 0 Å². The minimum absolute atomic E-state index is 0.0495. The molecule has 9 heteroatoms. The summed E-state index contributed by atoms with van der Waals surface area (Å²) < 4.78 is 3.62. The Morgan fingerprint density at radius 3 is 2.58 bits per heavy atom. The number of benzene rings is 2. The van der Waals surface area contributed by atoms with Gasteiger partial charge >= 0.3 is 0 Å². The summed E-state index contributed by atoms with van der Waals surface area (Å²) in [5.74, 6) is 1.97. The summed E-state index contributed by atoms with van der Waals surface area (Å²) in [6.45, 7) is 1.90.